The zero-order valence-electron chi connectivity index (χ0n) is 17.2. The maximum atomic E-state index is 13.1. The summed E-state index contributed by atoms with van der Waals surface area (Å²) in [4.78, 5) is 12.7. The summed E-state index contributed by atoms with van der Waals surface area (Å²) in [6.45, 7) is 4.13. The number of benzene rings is 3. The number of fused-ring (bicyclic) bond motifs is 1. The van der Waals surface area contributed by atoms with Crippen LogP contribution < -0.4 is 9.38 Å². The second-order valence-electron chi connectivity index (χ2n) is 7.52. The molecule has 0 saturated carbocycles. The van der Waals surface area contributed by atoms with Gasteiger partial charge in [-0.15, -0.1) is 0 Å². The van der Waals surface area contributed by atoms with Gasteiger partial charge in [-0.25, -0.2) is 0 Å². The van der Waals surface area contributed by atoms with Gasteiger partial charge in [0.05, 0.1) is 21.5 Å². The summed E-state index contributed by atoms with van der Waals surface area (Å²) in [6.07, 6.45) is 0.755. The Bertz CT molecular complexity index is 1410. The molecule has 1 N–H and O–H groups in total. The molecule has 31 heavy (non-hydrogen) atoms. The SMILES string of the molecule is Cc1ccc(C)c(S(=O)(=O)N(Cl)c2ccc3c(c2)c(=O)[nH]n3CCc2ccccc2)c1. The highest BCUT2D eigenvalue weighted by atomic mass is 35.5. The zero-order valence-corrected chi connectivity index (χ0v) is 18.7. The van der Waals surface area contributed by atoms with E-state index >= 15 is 0 Å². The van der Waals surface area contributed by atoms with Gasteiger partial charge in [-0.1, -0.05) is 42.5 Å². The lowest BCUT2D eigenvalue weighted by molar-refractivity contribution is 0.597. The standard InChI is InChI=1S/C23H22ClN3O3S/c1-16-8-9-17(2)22(14-16)31(29,30)27(24)19-10-11-21-20(15-19)23(28)25-26(21)13-12-18-6-4-3-5-7-18/h3-11,14-15H,12-13H2,1-2H3,(H,25,28). The Morgan fingerprint density at radius 1 is 1.00 bits per heavy atom. The monoisotopic (exact) mass is 455 g/mol. The Kier molecular flexibility index (Phi) is 5.64. The van der Waals surface area contributed by atoms with Crippen LogP contribution in [0.5, 0.6) is 0 Å². The number of aryl methyl sites for hydroxylation is 4. The van der Waals surface area contributed by atoms with Gasteiger partial charge in [-0.05, 0) is 61.2 Å². The van der Waals surface area contributed by atoms with Gasteiger partial charge in [0.25, 0.3) is 15.6 Å². The van der Waals surface area contributed by atoms with Crippen molar-refractivity contribution in [3.8, 4) is 0 Å². The van der Waals surface area contributed by atoms with Crippen LogP contribution in [0.1, 0.15) is 16.7 Å². The molecule has 4 aromatic rings. The lowest BCUT2D eigenvalue weighted by Gasteiger charge is -2.18. The summed E-state index contributed by atoms with van der Waals surface area (Å²) < 4.78 is 28.7. The average Bonchev–Trinajstić information content (AvgIpc) is 3.09. The van der Waals surface area contributed by atoms with E-state index in [1.807, 2.05) is 43.3 Å². The normalized spacial score (nSPS) is 11.7. The fraction of sp³-hybridized carbons (Fsp3) is 0.174. The molecule has 1 heterocycles. The van der Waals surface area contributed by atoms with Gasteiger partial charge in [-0.2, -0.15) is 12.2 Å². The average molecular weight is 456 g/mol. The number of halogens is 1. The van der Waals surface area contributed by atoms with Gasteiger partial charge in [0.2, 0.25) is 0 Å². The van der Waals surface area contributed by atoms with E-state index in [1.165, 1.54) is 6.07 Å². The number of nitrogens with one attached hydrogen (secondary N) is 1. The van der Waals surface area contributed by atoms with Crippen molar-refractivity contribution < 1.29 is 8.42 Å². The number of sulfonamides is 1. The van der Waals surface area contributed by atoms with Crippen molar-refractivity contribution in [1.29, 1.82) is 0 Å². The smallest absolute Gasteiger partial charge is 0.278 e. The van der Waals surface area contributed by atoms with Crippen LogP contribution in [0.25, 0.3) is 10.9 Å². The molecule has 0 unspecified atom stereocenters. The Morgan fingerprint density at radius 3 is 2.48 bits per heavy atom. The van der Waals surface area contributed by atoms with Crippen LogP contribution >= 0.6 is 11.8 Å². The van der Waals surface area contributed by atoms with E-state index in [-0.39, 0.29) is 16.1 Å². The minimum absolute atomic E-state index is 0.136. The number of rotatable bonds is 6. The van der Waals surface area contributed by atoms with Crippen LogP contribution in [0.3, 0.4) is 0 Å². The molecule has 0 aliphatic heterocycles. The molecule has 160 valence electrons. The second kappa shape index (κ2) is 8.24. The van der Waals surface area contributed by atoms with Gasteiger partial charge < -0.3 is 0 Å². The molecule has 6 nitrogen and oxygen atoms in total. The molecule has 3 aromatic carbocycles. The van der Waals surface area contributed by atoms with Crippen LogP contribution in [0.4, 0.5) is 5.69 Å². The van der Waals surface area contributed by atoms with E-state index in [9.17, 15) is 13.2 Å². The number of aromatic nitrogens is 2. The number of aromatic amines is 1. The van der Waals surface area contributed by atoms with E-state index in [1.54, 1.807) is 35.9 Å². The van der Waals surface area contributed by atoms with Gasteiger partial charge in [-0.3, -0.25) is 14.6 Å². The third-order valence-corrected chi connectivity index (χ3v) is 7.62. The molecule has 4 rings (SSSR count). The highest BCUT2D eigenvalue weighted by Gasteiger charge is 2.26. The van der Waals surface area contributed by atoms with E-state index in [0.29, 0.717) is 26.8 Å². The van der Waals surface area contributed by atoms with E-state index in [0.717, 1.165) is 17.5 Å². The van der Waals surface area contributed by atoms with Crippen molar-refractivity contribution in [3.05, 3.63) is 93.8 Å². The lowest BCUT2D eigenvalue weighted by Crippen LogP contribution is -2.22. The van der Waals surface area contributed by atoms with Crippen molar-refractivity contribution in [2.75, 3.05) is 3.82 Å². The number of nitrogens with zero attached hydrogens (tertiary/aromatic N) is 2. The first-order valence-electron chi connectivity index (χ1n) is 9.82. The lowest BCUT2D eigenvalue weighted by atomic mass is 10.1. The van der Waals surface area contributed by atoms with Crippen LogP contribution in [0.15, 0.2) is 76.4 Å². The van der Waals surface area contributed by atoms with Crippen LogP contribution in [0.2, 0.25) is 0 Å². The highest BCUT2D eigenvalue weighted by Crippen LogP contribution is 2.30. The van der Waals surface area contributed by atoms with Gasteiger partial charge in [0.1, 0.15) is 0 Å². The van der Waals surface area contributed by atoms with Crippen molar-refractivity contribution in [2.24, 2.45) is 0 Å². The quantitative estimate of drug-likeness (QED) is 0.434. The van der Waals surface area contributed by atoms with Gasteiger partial charge >= 0.3 is 0 Å². The molecular weight excluding hydrogens is 434 g/mol. The molecule has 0 spiro atoms. The van der Waals surface area contributed by atoms with Crippen molar-refractivity contribution in [1.82, 2.24) is 9.78 Å². The Hall–Kier alpha value is -3.03. The number of hydrogen-bond donors (Lipinski definition) is 1. The van der Waals surface area contributed by atoms with Gasteiger partial charge in [0.15, 0.2) is 0 Å². The predicted molar refractivity (Wildman–Crippen MR) is 124 cm³/mol. The molecule has 8 heteroatoms. The molecular formula is C23H22ClN3O3S. The van der Waals surface area contributed by atoms with Crippen molar-refractivity contribution in [3.63, 3.8) is 0 Å². The molecule has 0 aliphatic rings. The topological polar surface area (TPSA) is 75.2 Å². The first-order valence-corrected chi connectivity index (χ1v) is 11.6. The highest BCUT2D eigenvalue weighted by molar-refractivity contribution is 7.94. The largest absolute Gasteiger partial charge is 0.284 e. The molecule has 1 aromatic heterocycles. The minimum Gasteiger partial charge on any atom is -0.284 e. The van der Waals surface area contributed by atoms with Crippen molar-refractivity contribution in [2.45, 2.75) is 31.7 Å². The second-order valence-corrected chi connectivity index (χ2v) is 9.81. The molecule has 0 saturated heterocycles. The van der Waals surface area contributed by atoms with Crippen LogP contribution in [-0.2, 0) is 23.0 Å². The maximum absolute atomic E-state index is 13.1. The third kappa shape index (κ3) is 4.11. The fourth-order valence-corrected chi connectivity index (χ4v) is 5.27. The fourth-order valence-electron chi connectivity index (χ4n) is 3.57. The Balaban J connectivity index is 1.67. The molecule has 0 bridgehead atoms. The third-order valence-electron chi connectivity index (χ3n) is 5.25. The predicted octanol–water partition coefficient (Wildman–Crippen LogP) is 4.54. The first-order chi connectivity index (χ1) is 14.8. The van der Waals surface area contributed by atoms with Crippen molar-refractivity contribution >= 4 is 38.4 Å². The summed E-state index contributed by atoms with van der Waals surface area (Å²) in [7, 11) is -3.99. The first kappa shape index (κ1) is 21.2. The van der Waals surface area contributed by atoms with E-state index in [4.69, 9.17) is 11.8 Å². The summed E-state index contributed by atoms with van der Waals surface area (Å²) in [5, 5.41) is 3.21. The summed E-state index contributed by atoms with van der Waals surface area (Å²) in [6, 6.07) is 20.0. The van der Waals surface area contributed by atoms with Gasteiger partial charge in [0, 0.05) is 18.3 Å². The zero-order chi connectivity index (χ0) is 22.2. The maximum Gasteiger partial charge on any atom is 0.278 e. The molecule has 0 aliphatic carbocycles. The minimum atomic E-state index is -3.99. The summed E-state index contributed by atoms with van der Waals surface area (Å²) >= 11 is 6.28. The van der Waals surface area contributed by atoms with E-state index < -0.39 is 10.0 Å². The molecule has 0 fully saturated rings. The summed E-state index contributed by atoms with van der Waals surface area (Å²) in [5.41, 5.74) is 3.19. The number of H-pyrrole nitrogens is 1. The number of hydrogen-bond acceptors (Lipinski definition) is 3. The van der Waals surface area contributed by atoms with Crippen LogP contribution in [-0.4, -0.2) is 18.2 Å². The summed E-state index contributed by atoms with van der Waals surface area (Å²) in [5.74, 6) is 0. The molecule has 0 atom stereocenters. The Morgan fingerprint density at radius 2 is 1.74 bits per heavy atom. The van der Waals surface area contributed by atoms with Crippen LogP contribution in [0, 0.1) is 13.8 Å². The van der Waals surface area contributed by atoms with E-state index in [2.05, 4.69) is 5.10 Å². The Labute approximate surface area is 185 Å². The number of anilines is 1. The molecule has 0 radical (unpaired) electrons. The molecule has 0 amide bonds.